The van der Waals surface area contributed by atoms with Gasteiger partial charge < -0.3 is 15.6 Å². The fraction of sp³-hybridized carbons (Fsp3) is 0.333. The second-order valence-corrected chi connectivity index (χ2v) is 4.82. The van der Waals surface area contributed by atoms with E-state index in [0.29, 0.717) is 11.9 Å². The highest BCUT2D eigenvalue weighted by Gasteiger charge is 2.22. The molecule has 1 aliphatic heterocycles. The molecule has 0 spiro atoms. The van der Waals surface area contributed by atoms with E-state index >= 15 is 0 Å². The third-order valence-electron chi connectivity index (χ3n) is 2.75. The van der Waals surface area contributed by atoms with Crippen molar-refractivity contribution >= 4 is 39.4 Å². The van der Waals surface area contributed by atoms with Crippen LogP contribution >= 0.6 is 22.6 Å². The second kappa shape index (κ2) is 3.31. The second-order valence-electron chi connectivity index (χ2n) is 3.65. The Hall–Kier alpha value is -0.890. The van der Waals surface area contributed by atoms with Crippen molar-refractivity contribution in [1.82, 2.24) is 19.9 Å². The van der Waals surface area contributed by atoms with Crippen LogP contribution in [0.3, 0.4) is 0 Å². The molecule has 0 saturated carbocycles. The van der Waals surface area contributed by atoms with Gasteiger partial charge in [-0.05, 0) is 22.6 Å². The Kier molecular flexibility index (Phi) is 2.06. The molecule has 78 valence electrons. The van der Waals surface area contributed by atoms with Crippen LogP contribution < -0.4 is 11.1 Å². The van der Waals surface area contributed by atoms with Crippen LogP contribution in [0.15, 0.2) is 12.5 Å². The van der Waals surface area contributed by atoms with E-state index < -0.39 is 0 Å². The maximum Gasteiger partial charge on any atom is 0.146 e. The molecule has 0 aliphatic carbocycles. The van der Waals surface area contributed by atoms with Crippen molar-refractivity contribution in [3.8, 4) is 0 Å². The number of nitrogen functional groups attached to an aromatic ring is 1. The van der Waals surface area contributed by atoms with Crippen LogP contribution in [0.2, 0.25) is 0 Å². The van der Waals surface area contributed by atoms with Crippen LogP contribution in [0.4, 0.5) is 5.82 Å². The molecule has 0 atom stereocenters. The van der Waals surface area contributed by atoms with Crippen molar-refractivity contribution in [2.45, 2.75) is 6.04 Å². The average molecular weight is 315 g/mol. The number of hydrogen-bond acceptors (Lipinski definition) is 4. The molecule has 0 aromatic carbocycles. The Morgan fingerprint density at radius 3 is 2.93 bits per heavy atom. The van der Waals surface area contributed by atoms with Gasteiger partial charge in [0, 0.05) is 22.9 Å². The molecule has 3 rings (SSSR count). The van der Waals surface area contributed by atoms with Crippen molar-refractivity contribution in [2.24, 2.45) is 0 Å². The molecule has 15 heavy (non-hydrogen) atoms. The van der Waals surface area contributed by atoms with E-state index in [-0.39, 0.29) is 0 Å². The number of rotatable bonds is 1. The van der Waals surface area contributed by atoms with E-state index in [1.807, 2.05) is 0 Å². The first kappa shape index (κ1) is 9.34. The minimum atomic E-state index is 0.505. The molecule has 0 amide bonds. The Morgan fingerprint density at radius 2 is 2.27 bits per heavy atom. The molecule has 6 heteroatoms. The fourth-order valence-corrected chi connectivity index (χ4v) is 2.63. The summed E-state index contributed by atoms with van der Waals surface area (Å²) in [7, 11) is 0. The average Bonchev–Trinajstić information content (AvgIpc) is 2.43. The Labute approximate surface area is 100 Å². The number of nitrogens with one attached hydrogen (secondary N) is 1. The summed E-state index contributed by atoms with van der Waals surface area (Å²) in [6.45, 7) is 2.01. The van der Waals surface area contributed by atoms with E-state index in [9.17, 15) is 0 Å². The molecule has 1 aliphatic rings. The zero-order chi connectivity index (χ0) is 10.4. The SMILES string of the molecule is Nc1ncnc2c1c(I)cn2C1CNC1. The molecule has 2 aromatic rings. The van der Waals surface area contributed by atoms with Crippen molar-refractivity contribution in [2.75, 3.05) is 18.8 Å². The van der Waals surface area contributed by atoms with Gasteiger partial charge in [-0.25, -0.2) is 9.97 Å². The van der Waals surface area contributed by atoms with E-state index in [2.05, 4.69) is 48.6 Å². The molecular formula is C9H10IN5. The number of anilines is 1. The summed E-state index contributed by atoms with van der Waals surface area (Å²) in [5.41, 5.74) is 6.79. The highest BCUT2D eigenvalue weighted by molar-refractivity contribution is 14.1. The highest BCUT2D eigenvalue weighted by Crippen LogP contribution is 2.28. The van der Waals surface area contributed by atoms with Crippen LogP contribution in [0.5, 0.6) is 0 Å². The van der Waals surface area contributed by atoms with Crippen molar-refractivity contribution in [3.63, 3.8) is 0 Å². The first-order valence-corrected chi connectivity index (χ1v) is 5.82. The van der Waals surface area contributed by atoms with Crippen LogP contribution in [0.25, 0.3) is 11.0 Å². The van der Waals surface area contributed by atoms with E-state index in [0.717, 1.165) is 27.7 Å². The third-order valence-corrected chi connectivity index (χ3v) is 3.56. The van der Waals surface area contributed by atoms with Crippen molar-refractivity contribution in [3.05, 3.63) is 16.1 Å². The van der Waals surface area contributed by atoms with Gasteiger partial charge >= 0.3 is 0 Å². The number of hydrogen-bond donors (Lipinski definition) is 2. The maximum atomic E-state index is 5.85. The van der Waals surface area contributed by atoms with Crippen LogP contribution in [-0.2, 0) is 0 Å². The van der Waals surface area contributed by atoms with Crippen LogP contribution in [0, 0.1) is 3.57 Å². The summed E-state index contributed by atoms with van der Waals surface area (Å²) in [5.74, 6) is 0.565. The highest BCUT2D eigenvalue weighted by atomic mass is 127. The van der Waals surface area contributed by atoms with Crippen molar-refractivity contribution in [1.29, 1.82) is 0 Å². The van der Waals surface area contributed by atoms with Gasteiger partial charge in [-0.1, -0.05) is 0 Å². The lowest BCUT2D eigenvalue weighted by molar-refractivity contribution is 0.350. The number of nitrogens with two attached hydrogens (primary N) is 1. The van der Waals surface area contributed by atoms with Crippen LogP contribution in [-0.4, -0.2) is 27.6 Å². The van der Waals surface area contributed by atoms with E-state index in [4.69, 9.17) is 5.73 Å². The Morgan fingerprint density at radius 1 is 1.47 bits per heavy atom. The predicted octanol–water partition coefficient (Wildman–Crippen LogP) is 0.762. The zero-order valence-corrected chi connectivity index (χ0v) is 10.1. The fourth-order valence-electron chi connectivity index (χ4n) is 1.81. The van der Waals surface area contributed by atoms with Crippen molar-refractivity contribution < 1.29 is 0 Å². The number of nitrogens with zero attached hydrogens (tertiary/aromatic N) is 3. The minimum Gasteiger partial charge on any atom is -0.383 e. The monoisotopic (exact) mass is 315 g/mol. The van der Waals surface area contributed by atoms with E-state index in [1.165, 1.54) is 6.33 Å². The summed E-state index contributed by atoms with van der Waals surface area (Å²) in [4.78, 5) is 8.32. The standard InChI is InChI=1S/C9H10IN5/c10-6-3-15(5-1-12-2-5)9-7(6)8(11)13-4-14-9/h3-5,12H,1-2H2,(H2,11,13,14). The predicted molar refractivity (Wildman–Crippen MR) is 66.6 cm³/mol. The van der Waals surface area contributed by atoms with Crippen LogP contribution in [0.1, 0.15) is 6.04 Å². The lowest BCUT2D eigenvalue weighted by Crippen LogP contribution is -2.43. The minimum absolute atomic E-state index is 0.505. The van der Waals surface area contributed by atoms with Gasteiger partial charge in [-0.3, -0.25) is 0 Å². The third kappa shape index (κ3) is 1.31. The summed E-state index contributed by atoms with van der Waals surface area (Å²) in [6.07, 6.45) is 3.62. The van der Waals surface area contributed by atoms with Gasteiger partial charge in [0.25, 0.3) is 0 Å². The largest absolute Gasteiger partial charge is 0.383 e. The summed E-state index contributed by atoms with van der Waals surface area (Å²) in [6, 6.07) is 0.505. The van der Waals surface area contributed by atoms with Gasteiger partial charge in [0.2, 0.25) is 0 Å². The molecule has 0 unspecified atom stereocenters. The summed E-state index contributed by atoms with van der Waals surface area (Å²) < 4.78 is 3.30. The molecule has 3 N–H and O–H groups in total. The first-order valence-electron chi connectivity index (χ1n) is 4.74. The lowest BCUT2D eigenvalue weighted by atomic mass is 10.2. The van der Waals surface area contributed by atoms with E-state index in [1.54, 1.807) is 0 Å². The number of fused-ring (bicyclic) bond motifs is 1. The lowest BCUT2D eigenvalue weighted by Gasteiger charge is -2.28. The summed E-state index contributed by atoms with van der Waals surface area (Å²) >= 11 is 2.28. The van der Waals surface area contributed by atoms with Gasteiger partial charge in [0.05, 0.1) is 11.4 Å². The van der Waals surface area contributed by atoms with Gasteiger partial charge in [0.1, 0.15) is 17.8 Å². The normalized spacial score (nSPS) is 16.9. The molecule has 0 bridgehead atoms. The molecule has 2 aromatic heterocycles. The maximum absolute atomic E-state index is 5.85. The van der Waals surface area contributed by atoms with Gasteiger partial charge in [-0.2, -0.15) is 0 Å². The summed E-state index contributed by atoms with van der Waals surface area (Å²) in [5, 5.41) is 4.23. The number of halogens is 1. The number of aromatic nitrogens is 3. The first-order chi connectivity index (χ1) is 7.27. The molecule has 0 radical (unpaired) electrons. The quantitative estimate of drug-likeness (QED) is 0.763. The smallest absolute Gasteiger partial charge is 0.146 e. The topological polar surface area (TPSA) is 68.8 Å². The molecule has 1 fully saturated rings. The zero-order valence-electron chi connectivity index (χ0n) is 7.94. The van der Waals surface area contributed by atoms with Gasteiger partial charge in [0.15, 0.2) is 0 Å². The Bertz CT molecular complexity index is 516. The molecular weight excluding hydrogens is 305 g/mol. The molecule has 3 heterocycles. The van der Waals surface area contributed by atoms with Gasteiger partial charge in [-0.15, -0.1) is 0 Å². The Balaban J connectivity index is 2.27. The molecule has 5 nitrogen and oxygen atoms in total. The molecule has 1 saturated heterocycles.